The van der Waals surface area contributed by atoms with Crippen LogP contribution in [0, 0.1) is 0 Å². The van der Waals surface area contributed by atoms with E-state index in [9.17, 15) is 4.79 Å². The van der Waals surface area contributed by atoms with Crippen LogP contribution in [0.5, 0.6) is 0 Å². The van der Waals surface area contributed by atoms with E-state index in [0.717, 1.165) is 25.7 Å². The van der Waals surface area contributed by atoms with Gasteiger partial charge in [0.2, 0.25) is 5.91 Å². The molecule has 13 heavy (non-hydrogen) atoms. The highest BCUT2D eigenvalue weighted by atomic mass is 16.2. The van der Waals surface area contributed by atoms with Gasteiger partial charge < -0.3 is 11.1 Å². The molecule has 3 nitrogen and oxygen atoms in total. The lowest BCUT2D eigenvalue weighted by Gasteiger charge is -2.10. The van der Waals surface area contributed by atoms with Gasteiger partial charge in [-0.05, 0) is 12.8 Å². The van der Waals surface area contributed by atoms with Crippen LogP contribution in [-0.4, -0.2) is 18.5 Å². The second-order valence-corrected chi connectivity index (χ2v) is 3.12. The average Bonchev–Trinajstić information content (AvgIpc) is 2.14. The van der Waals surface area contributed by atoms with E-state index in [1.807, 2.05) is 0 Å². The number of nitrogens with two attached hydrogens (primary N) is 1. The Morgan fingerprint density at radius 2 is 2.38 bits per heavy atom. The standard InChI is InChI=1S/C10H20N2O/c1-3-5-7-9(11)10(13)12-8-6-4-2/h4,9H,2-3,5-8,11H2,1H3,(H,12,13)/t9-/m0/s1. The fourth-order valence-corrected chi connectivity index (χ4v) is 0.984. The summed E-state index contributed by atoms with van der Waals surface area (Å²) in [6.45, 7) is 6.30. The molecule has 0 saturated heterocycles. The topological polar surface area (TPSA) is 55.1 Å². The van der Waals surface area contributed by atoms with Crippen LogP contribution >= 0.6 is 0 Å². The van der Waals surface area contributed by atoms with Crippen molar-refractivity contribution in [3.05, 3.63) is 12.7 Å². The molecule has 0 aliphatic carbocycles. The lowest BCUT2D eigenvalue weighted by Crippen LogP contribution is -2.40. The molecular formula is C10H20N2O. The zero-order chi connectivity index (χ0) is 10.1. The molecule has 0 spiro atoms. The zero-order valence-corrected chi connectivity index (χ0v) is 8.38. The van der Waals surface area contributed by atoms with E-state index in [1.165, 1.54) is 0 Å². The van der Waals surface area contributed by atoms with Crippen LogP contribution in [0.1, 0.15) is 32.6 Å². The zero-order valence-electron chi connectivity index (χ0n) is 8.38. The van der Waals surface area contributed by atoms with Crippen molar-refractivity contribution in [3.8, 4) is 0 Å². The van der Waals surface area contributed by atoms with Crippen molar-refractivity contribution in [1.82, 2.24) is 5.32 Å². The number of amides is 1. The Hall–Kier alpha value is -0.830. The number of nitrogens with one attached hydrogen (secondary N) is 1. The molecule has 0 heterocycles. The third kappa shape index (κ3) is 6.34. The van der Waals surface area contributed by atoms with Gasteiger partial charge in [0.05, 0.1) is 6.04 Å². The number of hydrogen-bond acceptors (Lipinski definition) is 2. The number of carbonyl (C=O) groups excluding carboxylic acids is 1. The molecule has 0 aliphatic heterocycles. The Balaban J connectivity index is 3.50. The molecule has 0 bridgehead atoms. The van der Waals surface area contributed by atoms with Crippen molar-refractivity contribution < 1.29 is 4.79 Å². The summed E-state index contributed by atoms with van der Waals surface area (Å²) in [6.07, 6.45) is 5.43. The maximum Gasteiger partial charge on any atom is 0.236 e. The van der Waals surface area contributed by atoms with Gasteiger partial charge in [0.15, 0.2) is 0 Å². The molecule has 76 valence electrons. The normalized spacial score (nSPS) is 12.2. The Labute approximate surface area is 80.4 Å². The molecule has 0 aromatic rings. The summed E-state index contributed by atoms with van der Waals surface area (Å²) in [4.78, 5) is 11.3. The summed E-state index contributed by atoms with van der Waals surface area (Å²) in [6, 6.07) is -0.343. The van der Waals surface area contributed by atoms with E-state index in [0.29, 0.717) is 6.54 Å². The van der Waals surface area contributed by atoms with Crippen molar-refractivity contribution in [1.29, 1.82) is 0 Å². The van der Waals surface area contributed by atoms with E-state index in [2.05, 4.69) is 18.8 Å². The SMILES string of the molecule is C=CCCNC(=O)[C@@H](N)CCCC. The number of unbranched alkanes of at least 4 members (excludes halogenated alkanes) is 1. The molecule has 0 rings (SSSR count). The monoisotopic (exact) mass is 184 g/mol. The van der Waals surface area contributed by atoms with Crippen LogP contribution in [0.25, 0.3) is 0 Å². The maximum atomic E-state index is 11.3. The third-order valence-corrected chi connectivity index (χ3v) is 1.85. The van der Waals surface area contributed by atoms with Gasteiger partial charge in [-0.2, -0.15) is 0 Å². The first-order valence-corrected chi connectivity index (χ1v) is 4.86. The summed E-state index contributed by atoms with van der Waals surface area (Å²) in [5, 5.41) is 2.76. The minimum absolute atomic E-state index is 0.0460. The van der Waals surface area contributed by atoms with E-state index in [1.54, 1.807) is 6.08 Å². The summed E-state index contributed by atoms with van der Waals surface area (Å²) < 4.78 is 0. The van der Waals surface area contributed by atoms with E-state index < -0.39 is 0 Å². The van der Waals surface area contributed by atoms with Crippen LogP contribution in [0.3, 0.4) is 0 Å². The van der Waals surface area contributed by atoms with Gasteiger partial charge in [-0.3, -0.25) is 4.79 Å². The van der Waals surface area contributed by atoms with Gasteiger partial charge in [-0.15, -0.1) is 6.58 Å². The molecule has 1 atom stereocenters. The van der Waals surface area contributed by atoms with Crippen molar-refractivity contribution >= 4 is 5.91 Å². The van der Waals surface area contributed by atoms with E-state index >= 15 is 0 Å². The predicted octanol–water partition coefficient (Wildman–Crippen LogP) is 1.20. The summed E-state index contributed by atoms with van der Waals surface area (Å²) in [5.74, 6) is -0.0460. The van der Waals surface area contributed by atoms with Crippen LogP contribution in [0.2, 0.25) is 0 Å². The highest BCUT2D eigenvalue weighted by Crippen LogP contribution is 1.97. The first-order valence-electron chi connectivity index (χ1n) is 4.86. The largest absolute Gasteiger partial charge is 0.354 e. The van der Waals surface area contributed by atoms with Gasteiger partial charge in [-0.25, -0.2) is 0 Å². The first-order chi connectivity index (χ1) is 6.22. The third-order valence-electron chi connectivity index (χ3n) is 1.85. The Kier molecular flexibility index (Phi) is 7.30. The summed E-state index contributed by atoms with van der Waals surface area (Å²) in [7, 11) is 0. The molecule has 0 aromatic carbocycles. The lowest BCUT2D eigenvalue weighted by molar-refractivity contribution is -0.122. The summed E-state index contributed by atoms with van der Waals surface area (Å²) >= 11 is 0. The van der Waals surface area contributed by atoms with Gasteiger partial charge in [-0.1, -0.05) is 25.8 Å². The molecule has 0 fully saturated rings. The van der Waals surface area contributed by atoms with Crippen molar-refractivity contribution in [3.63, 3.8) is 0 Å². The first kappa shape index (κ1) is 12.2. The number of hydrogen-bond donors (Lipinski definition) is 2. The molecule has 0 aliphatic rings. The summed E-state index contributed by atoms with van der Waals surface area (Å²) in [5.41, 5.74) is 5.65. The predicted molar refractivity (Wildman–Crippen MR) is 55.3 cm³/mol. The quantitative estimate of drug-likeness (QED) is 0.461. The van der Waals surface area contributed by atoms with Crippen LogP contribution in [-0.2, 0) is 4.79 Å². The molecule has 0 radical (unpaired) electrons. The van der Waals surface area contributed by atoms with Gasteiger partial charge in [0.25, 0.3) is 0 Å². The van der Waals surface area contributed by atoms with Gasteiger partial charge in [0.1, 0.15) is 0 Å². The number of rotatable bonds is 7. The smallest absolute Gasteiger partial charge is 0.236 e. The van der Waals surface area contributed by atoms with Gasteiger partial charge >= 0.3 is 0 Å². The molecular weight excluding hydrogens is 164 g/mol. The molecule has 0 saturated carbocycles. The molecule has 3 N–H and O–H groups in total. The Bertz CT molecular complexity index is 157. The van der Waals surface area contributed by atoms with E-state index in [4.69, 9.17) is 5.73 Å². The Morgan fingerprint density at radius 1 is 1.69 bits per heavy atom. The van der Waals surface area contributed by atoms with Crippen LogP contribution in [0.15, 0.2) is 12.7 Å². The molecule has 0 unspecified atom stereocenters. The Morgan fingerprint density at radius 3 is 2.92 bits per heavy atom. The second kappa shape index (κ2) is 7.80. The highest BCUT2D eigenvalue weighted by molar-refractivity contribution is 5.81. The van der Waals surface area contributed by atoms with Crippen LogP contribution < -0.4 is 11.1 Å². The lowest BCUT2D eigenvalue weighted by atomic mass is 10.1. The van der Waals surface area contributed by atoms with Gasteiger partial charge in [0, 0.05) is 6.54 Å². The van der Waals surface area contributed by atoms with E-state index in [-0.39, 0.29) is 11.9 Å². The molecule has 1 amide bonds. The minimum atomic E-state index is -0.343. The van der Waals surface area contributed by atoms with Crippen LogP contribution in [0.4, 0.5) is 0 Å². The average molecular weight is 184 g/mol. The van der Waals surface area contributed by atoms with Crippen molar-refractivity contribution in [2.45, 2.75) is 38.6 Å². The van der Waals surface area contributed by atoms with Crippen molar-refractivity contribution in [2.75, 3.05) is 6.54 Å². The highest BCUT2D eigenvalue weighted by Gasteiger charge is 2.10. The fourth-order valence-electron chi connectivity index (χ4n) is 0.984. The molecule has 0 aromatic heterocycles. The second-order valence-electron chi connectivity index (χ2n) is 3.12. The fraction of sp³-hybridized carbons (Fsp3) is 0.700. The minimum Gasteiger partial charge on any atom is -0.354 e. The number of carbonyl (C=O) groups is 1. The maximum absolute atomic E-state index is 11.3. The van der Waals surface area contributed by atoms with Crippen molar-refractivity contribution in [2.24, 2.45) is 5.73 Å². The molecule has 3 heteroatoms.